The molecule has 6 nitrogen and oxygen atoms in total. The van der Waals surface area contributed by atoms with Crippen LogP contribution in [0.4, 0.5) is 0 Å². The molecular formula is C21H30O6. The maximum absolute atomic E-state index is 13.7. The molecule has 0 bridgehead atoms. The van der Waals surface area contributed by atoms with Crippen LogP contribution in [-0.4, -0.2) is 49.4 Å². The van der Waals surface area contributed by atoms with Crippen molar-refractivity contribution in [3.05, 3.63) is 11.8 Å². The topological polar surface area (TPSA) is 82.1 Å². The van der Waals surface area contributed by atoms with Gasteiger partial charge in [-0.2, -0.15) is 0 Å². The van der Waals surface area contributed by atoms with E-state index in [9.17, 15) is 14.7 Å². The molecule has 1 aliphatic heterocycles. The number of rotatable bonds is 2. The molecule has 4 aliphatic rings. The van der Waals surface area contributed by atoms with Gasteiger partial charge < -0.3 is 19.3 Å². The number of ketones is 2. The second kappa shape index (κ2) is 5.88. The molecule has 3 aliphatic carbocycles. The van der Waals surface area contributed by atoms with Gasteiger partial charge in [0.1, 0.15) is 6.10 Å². The van der Waals surface area contributed by atoms with E-state index in [0.29, 0.717) is 12.2 Å². The first-order chi connectivity index (χ1) is 12.6. The van der Waals surface area contributed by atoms with Crippen LogP contribution in [-0.2, 0) is 23.8 Å². The van der Waals surface area contributed by atoms with Gasteiger partial charge in [-0.25, -0.2) is 0 Å². The van der Waals surface area contributed by atoms with Gasteiger partial charge in [0.15, 0.2) is 17.8 Å². The molecule has 0 spiro atoms. The van der Waals surface area contributed by atoms with Crippen molar-refractivity contribution in [1.82, 2.24) is 0 Å². The molecule has 10 atom stereocenters. The maximum Gasteiger partial charge on any atom is 0.203 e. The molecule has 0 aromatic heterocycles. The fourth-order valence-corrected chi connectivity index (χ4v) is 7.23. The third kappa shape index (κ3) is 2.07. The monoisotopic (exact) mass is 378 g/mol. The minimum Gasteiger partial charge on any atom is -0.493 e. The SMILES string of the molecule is COC1=C[C@@H](C)[C@@H]2C[C@H]3O[C@@H](O)[C@H]4C(C)C(OC)C(=O)[C@H]([C@@]2(C)C1=O)[C@]43C. The highest BCUT2D eigenvalue weighted by molar-refractivity contribution is 6.04. The van der Waals surface area contributed by atoms with E-state index in [1.165, 1.54) is 14.2 Å². The predicted molar refractivity (Wildman–Crippen MR) is 96.4 cm³/mol. The van der Waals surface area contributed by atoms with Crippen LogP contribution in [0.3, 0.4) is 0 Å². The molecule has 0 aromatic carbocycles. The van der Waals surface area contributed by atoms with Gasteiger partial charge in [0.05, 0.1) is 13.2 Å². The van der Waals surface area contributed by atoms with E-state index in [0.717, 1.165) is 0 Å². The Kier molecular flexibility index (Phi) is 4.16. The first-order valence-electron chi connectivity index (χ1n) is 9.84. The predicted octanol–water partition coefficient (Wildman–Crippen LogP) is 1.95. The number of allylic oxidation sites excluding steroid dienone is 2. The molecule has 27 heavy (non-hydrogen) atoms. The number of hydrogen-bond donors (Lipinski definition) is 1. The molecule has 2 unspecified atom stereocenters. The van der Waals surface area contributed by atoms with E-state index in [4.69, 9.17) is 14.2 Å². The zero-order valence-corrected chi connectivity index (χ0v) is 16.9. The Labute approximate surface area is 160 Å². The molecule has 1 heterocycles. The van der Waals surface area contributed by atoms with Gasteiger partial charge in [0.25, 0.3) is 0 Å². The lowest BCUT2D eigenvalue weighted by Gasteiger charge is -2.62. The normalized spacial score (nSPS) is 54.3. The fraction of sp³-hybridized carbons (Fsp3) is 0.810. The summed E-state index contributed by atoms with van der Waals surface area (Å²) in [6, 6.07) is 0. The Balaban J connectivity index is 1.93. The van der Waals surface area contributed by atoms with Crippen molar-refractivity contribution in [3.8, 4) is 0 Å². The summed E-state index contributed by atoms with van der Waals surface area (Å²) in [5.41, 5.74) is -1.51. The van der Waals surface area contributed by atoms with Crippen molar-refractivity contribution >= 4 is 11.6 Å². The minimum absolute atomic E-state index is 0.0449. The zero-order chi connectivity index (χ0) is 19.9. The zero-order valence-electron chi connectivity index (χ0n) is 16.9. The average molecular weight is 378 g/mol. The molecule has 6 heteroatoms. The number of Topliss-reactive ketones (excluding diaryl/α,β-unsaturated/α-hetero) is 2. The fourth-order valence-electron chi connectivity index (χ4n) is 7.23. The van der Waals surface area contributed by atoms with E-state index in [1.54, 1.807) is 0 Å². The Bertz CT molecular complexity index is 715. The van der Waals surface area contributed by atoms with E-state index in [2.05, 4.69) is 6.92 Å². The summed E-state index contributed by atoms with van der Waals surface area (Å²) in [6.07, 6.45) is 0.657. The number of carbonyl (C=O) groups excluding carboxylic acids is 2. The Morgan fingerprint density at radius 3 is 2.48 bits per heavy atom. The summed E-state index contributed by atoms with van der Waals surface area (Å²) < 4.78 is 17.0. The van der Waals surface area contributed by atoms with E-state index >= 15 is 0 Å². The van der Waals surface area contributed by atoms with E-state index in [1.807, 2.05) is 26.8 Å². The van der Waals surface area contributed by atoms with Crippen LogP contribution in [0, 0.1) is 40.4 Å². The summed E-state index contributed by atoms with van der Waals surface area (Å²) in [6.45, 7) is 7.93. The summed E-state index contributed by atoms with van der Waals surface area (Å²) in [4.78, 5) is 27.2. The molecule has 3 fully saturated rings. The van der Waals surface area contributed by atoms with Gasteiger partial charge >= 0.3 is 0 Å². The lowest BCUT2D eigenvalue weighted by atomic mass is 9.40. The van der Waals surface area contributed by atoms with Gasteiger partial charge in [-0.1, -0.05) is 27.7 Å². The van der Waals surface area contributed by atoms with Crippen LogP contribution in [0.15, 0.2) is 11.8 Å². The van der Waals surface area contributed by atoms with Crippen LogP contribution >= 0.6 is 0 Å². The van der Waals surface area contributed by atoms with Crippen LogP contribution in [0.25, 0.3) is 0 Å². The van der Waals surface area contributed by atoms with Crippen molar-refractivity contribution in [2.75, 3.05) is 14.2 Å². The van der Waals surface area contributed by atoms with Crippen molar-refractivity contribution in [1.29, 1.82) is 0 Å². The molecule has 0 amide bonds. The highest BCUT2D eigenvalue weighted by atomic mass is 16.6. The summed E-state index contributed by atoms with van der Waals surface area (Å²) in [7, 11) is 3.03. The number of hydrogen-bond acceptors (Lipinski definition) is 6. The minimum atomic E-state index is -0.952. The molecule has 150 valence electrons. The van der Waals surface area contributed by atoms with Gasteiger partial charge in [0.2, 0.25) is 5.78 Å². The number of methoxy groups -OCH3 is 2. The van der Waals surface area contributed by atoms with Crippen LogP contribution < -0.4 is 0 Å². The summed E-state index contributed by atoms with van der Waals surface area (Å²) in [5.74, 6) is -0.823. The Morgan fingerprint density at radius 1 is 1.22 bits per heavy atom. The third-order valence-electron chi connectivity index (χ3n) is 8.33. The van der Waals surface area contributed by atoms with Gasteiger partial charge in [-0.3, -0.25) is 9.59 Å². The number of fused-ring (bicyclic) bond motifs is 2. The smallest absolute Gasteiger partial charge is 0.203 e. The second-order valence-electron chi connectivity index (χ2n) is 9.31. The standard InChI is InChI=1S/C21H30O6/c1-9-7-12(25-5)18(23)20(3)11(9)8-13-21(4)14(19(24)27-13)10(2)16(26-6)15(22)17(20)21/h7,9-11,13-14,16-17,19,24H,8H2,1-6H3/t9-,10?,11+,13-,14-,16?,17-,19-,20+,21+/m1/s1. The number of carbonyl (C=O) groups is 2. The van der Waals surface area contributed by atoms with Gasteiger partial charge in [-0.05, 0) is 30.3 Å². The number of ether oxygens (including phenoxy) is 3. The van der Waals surface area contributed by atoms with E-state index in [-0.39, 0.29) is 41.3 Å². The highest BCUT2D eigenvalue weighted by Gasteiger charge is 2.75. The average Bonchev–Trinajstić information content (AvgIpc) is 2.86. The molecule has 0 radical (unpaired) electrons. The number of aliphatic hydroxyl groups is 1. The van der Waals surface area contributed by atoms with Crippen molar-refractivity contribution in [3.63, 3.8) is 0 Å². The lowest BCUT2D eigenvalue weighted by Crippen LogP contribution is -2.69. The molecule has 2 saturated carbocycles. The highest BCUT2D eigenvalue weighted by Crippen LogP contribution is 2.68. The first kappa shape index (κ1) is 19.1. The molecule has 4 rings (SSSR count). The molecule has 0 aromatic rings. The van der Waals surface area contributed by atoms with E-state index < -0.39 is 29.1 Å². The van der Waals surface area contributed by atoms with Gasteiger partial charge in [0, 0.05) is 29.8 Å². The number of aliphatic hydroxyl groups excluding tert-OH is 1. The largest absolute Gasteiger partial charge is 0.493 e. The lowest BCUT2D eigenvalue weighted by molar-refractivity contribution is -0.192. The van der Waals surface area contributed by atoms with Crippen molar-refractivity contribution < 1.29 is 28.9 Å². The summed E-state index contributed by atoms with van der Waals surface area (Å²) in [5, 5.41) is 10.7. The van der Waals surface area contributed by atoms with Gasteiger partial charge in [-0.15, -0.1) is 0 Å². The van der Waals surface area contributed by atoms with Crippen molar-refractivity contribution in [2.45, 2.75) is 52.6 Å². The third-order valence-corrected chi connectivity index (χ3v) is 8.33. The maximum atomic E-state index is 13.7. The van der Waals surface area contributed by atoms with Crippen LogP contribution in [0.5, 0.6) is 0 Å². The van der Waals surface area contributed by atoms with Crippen LogP contribution in [0.2, 0.25) is 0 Å². The Morgan fingerprint density at radius 2 is 1.89 bits per heavy atom. The quantitative estimate of drug-likeness (QED) is 0.791. The molecular weight excluding hydrogens is 348 g/mol. The summed E-state index contributed by atoms with van der Waals surface area (Å²) >= 11 is 0. The van der Waals surface area contributed by atoms with Crippen LogP contribution in [0.1, 0.15) is 34.1 Å². The first-order valence-corrected chi connectivity index (χ1v) is 9.84. The Hall–Kier alpha value is -1.24. The second-order valence-corrected chi connectivity index (χ2v) is 9.31. The molecule has 1 N–H and O–H groups in total. The van der Waals surface area contributed by atoms with Crippen molar-refractivity contribution in [2.24, 2.45) is 40.4 Å². The molecule has 1 saturated heterocycles.